The van der Waals surface area contributed by atoms with Crippen molar-refractivity contribution in [1.82, 2.24) is 20.3 Å². The number of amides is 1. The van der Waals surface area contributed by atoms with Crippen molar-refractivity contribution in [3.63, 3.8) is 0 Å². The lowest BCUT2D eigenvalue weighted by Crippen LogP contribution is -2.28. The number of aromatic nitrogens is 3. The van der Waals surface area contributed by atoms with Crippen LogP contribution in [0.2, 0.25) is 0 Å². The Balaban J connectivity index is 1.76. The van der Waals surface area contributed by atoms with Crippen molar-refractivity contribution in [2.75, 3.05) is 6.54 Å². The summed E-state index contributed by atoms with van der Waals surface area (Å²) in [7, 11) is 0. The highest BCUT2D eigenvalue weighted by atomic mass is 79.9. The fraction of sp³-hybridized carbons (Fsp3) is 0.400. The fourth-order valence-corrected chi connectivity index (χ4v) is 2.65. The number of carbonyl (C=O) groups excluding carboxylic acids is 1. The summed E-state index contributed by atoms with van der Waals surface area (Å²) < 4.78 is 8.68. The minimum absolute atomic E-state index is 0.0751. The fourth-order valence-electron chi connectivity index (χ4n) is 2.39. The van der Waals surface area contributed by atoms with E-state index in [9.17, 15) is 4.79 Å². The monoisotopic (exact) mass is 364 g/mol. The van der Waals surface area contributed by atoms with E-state index in [2.05, 4.69) is 31.6 Å². The largest absolute Gasteiger partial charge is 0.365 e. The zero-order valence-corrected chi connectivity index (χ0v) is 13.8. The normalized spacial score (nSPS) is 17.1. The van der Waals surface area contributed by atoms with E-state index in [1.165, 1.54) is 0 Å². The molecule has 116 valence electrons. The van der Waals surface area contributed by atoms with Gasteiger partial charge in [0, 0.05) is 11.0 Å². The highest BCUT2D eigenvalue weighted by molar-refractivity contribution is 9.10. The maximum atomic E-state index is 12.0. The van der Waals surface area contributed by atoms with Gasteiger partial charge in [0.15, 0.2) is 5.69 Å². The van der Waals surface area contributed by atoms with Crippen LogP contribution in [0.4, 0.5) is 0 Å². The van der Waals surface area contributed by atoms with Crippen LogP contribution in [-0.2, 0) is 17.9 Å². The minimum atomic E-state index is -0.186. The third-order valence-electron chi connectivity index (χ3n) is 3.59. The van der Waals surface area contributed by atoms with Crippen molar-refractivity contribution < 1.29 is 9.53 Å². The highest BCUT2D eigenvalue weighted by Crippen LogP contribution is 2.27. The number of hydrogen-bond acceptors (Lipinski definition) is 4. The number of hydrogen-bond donors (Lipinski definition) is 1. The van der Waals surface area contributed by atoms with Crippen LogP contribution in [0.5, 0.6) is 0 Å². The molecule has 0 unspecified atom stereocenters. The van der Waals surface area contributed by atoms with Gasteiger partial charge < -0.3 is 10.1 Å². The quantitative estimate of drug-likeness (QED) is 0.904. The Morgan fingerprint density at radius 2 is 2.23 bits per heavy atom. The van der Waals surface area contributed by atoms with Crippen LogP contribution in [0.15, 0.2) is 28.7 Å². The summed E-state index contributed by atoms with van der Waals surface area (Å²) in [6.45, 7) is 3.54. The zero-order chi connectivity index (χ0) is 15.5. The Morgan fingerprint density at radius 3 is 2.95 bits per heavy atom. The van der Waals surface area contributed by atoms with Crippen LogP contribution in [0.25, 0.3) is 0 Å². The van der Waals surface area contributed by atoms with Crippen LogP contribution >= 0.6 is 15.9 Å². The number of nitrogens with one attached hydrogen (secondary N) is 1. The average Bonchev–Trinajstić information content (AvgIpc) is 2.96. The second-order valence-corrected chi connectivity index (χ2v) is 6.09. The van der Waals surface area contributed by atoms with Crippen LogP contribution in [0.1, 0.15) is 41.2 Å². The first kappa shape index (κ1) is 15.2. The maximum absolute atomic E-state index is 12.0. The molecule has 1 aliphatic heterocycles. The van der Waals surface area contributed by atoms with Gasteiger partial charge in [-0.3, -0.25) is 4.79 Å². The van der Waals surface area contributed by atoms with Gasteiger partial charge in [0.25, 0.3) is 5.91 Å². The van der Waals surface area contributed by atoms with Crippen LogP contribution in [0, 0.1) is 0 Å². The Kier molecular flexibility index (Phi) is 4.54. The summed E-state index contributed by atoms with van der Waals surface area (Å²) in [6, 6.07) is 8.01. The first-order valence-corrected chi connectivity index (χ1v) is 8.06. The number of rotatable bonds is 4. The first-order chi connectivity index (χ1) is 10.7. The number of carbonyl (C=O) groups is 1. The van der Waals surface area contributed by atoms with Gasteiger partial charge in [0.1, 0.15) is 6.10 Å². The molecule has 1 aromatic heterocycles. The molecule has 1 aromatic carbocycles. The summed E-state index contributed by atoms with van der Waals surface area (Å²) in [6.07, 6.45) is 0.811. The SMILES string of the molecule is CCCNC(=O)c1nnn2c1CO[C@H](c1ccc(Br)cc1)C2. The second kappa shape index (κ2) is 6.58. The summed E-state index contributed by atoms with van der Waals surface area (Å²) in [5, 5.41) is 10.9. The Morgan fingerprint density at radius 1 is 1.45 bits per heavy atom. The molecule has 2 aromatic rings. The van der Waals surface area contributed by atoms with Crippen molar-refractivity contribution in [3.8, 4) is 0 Å². The summed E-state index contributed by atoms with van der Waals surface area (Å²) in [4.78, 5) is 12.0. The number of benzene rings is 1. The molecule has 2 heterocycles. The van der Waals surface area contributed by atoms with Gasteiger partial charge in [-0.25, -0.2) is 4.68 Å². The molecule has 0 fully saturated rings. The second-order valence-electron chi connectivity index (χ2n) is 5.17. The van der Waals surface area contributed by atoms with Crippen molar-refractivity contribution in [2.24, 2.45) is 0 Å². The maximum Gasteiger partial charge on any atom is 0.273 e. The van der Waals surface area contributed by atoms with Gasteiger partial charge in [-0.05, 0) is 24.1 Å². The van der Waals surface area contributed by atoms with E-state index in [0.29, 0.717) is 25.4 Å². The molecule has 0 bridgehead atoms. The van der Waals surface area contributed by atoms with E-state index in [1.807, 2.05) is 31.2 Å². The number of nitrogens with zero attached hydrogens (tertiary/aromatic N) is 3. The number of halogens is 1. The predicted octanol–water partition coefficient (Wildman–Crippen LogP) is 2.45. The Hall–Kier alpha value is -1.73. The lowest BCUT2D eigenvalue weighted by molar-refractivity contribution is -0.00177. The molecule has 0 aliphatic carbocycles. The summed E-state index contributed by atoms with van der Waals surface area (Å²) >= 11 is 3.42. The molecule has 22 heavy (non-hydrogen) atoms. The zero-order valence-electron chi connectivity index (χ0n) is 12.3. The van der Waals surface area contributed by atoms with E-state index in [-0.39, 0.29) is 12.0 Å². The smallest absolute Gasteiger partial charge is 0.273 e. The van der Waals surface area contributed by atoms with Gasteiger partial charge in [0.05, 0.1) is 18.8 Å². The van der Waals surface area contributed by atoms with Gasteiger partial charge in [-0.15, -0.1) is 5.10 Å². The Bertz CT molecular complexity index is 669. The van der Waals surface area contributed by atoms with Gasteiger partial charge in [-0.1, -0.05) is 40.2 Å². The van der Waals surface area contributed by atoms with E-state index < -0.39 is 0 Å². The van der Waals surface area contributed by atoms with Crippen molar-refractivity contribution in [1.29, 1.82) is 0 Å². The van der Waals surface area contributed by atoms with E-state index in [1.54, 1.807) is 4.68 Å². The molecule has 7 heteroatoms. The molecule has 6 nitrogen and oxygen atoms in total. The molecule has 0 saturated carbocycles. The molecule has 1 atom stereocenters. The molecule has 1 N–H and O–H groups in total. The van der Waals surface area contributed by atoms with Crippen LogP contribution in [0.3, 0.4) is 0 Å². The lowest BCUT2D eigenvalue weighted by atomic mass is 10.1. The molecular formula is C15H17BrN4O2. The van der Waals surface area contributed by atoms with Crippen molar-refractivity contribution >= 4 is 21.8 Å². The summed E-state index contributed by atoms with van der Waals surface area (Å²) in [5.74, 6) is -0.186. The van der Waals surface area contributed by atoms with Crippen molar-refractivity contribution in [2.45, 2.75) is 32.6 Å². The number of fused-ring (bicyclic) bond motifs is 1. The van der Waals surface area contributed by atoms with Gasteiger partial charge >= 0.3 is 0 Å². The highest BCUT2D eigenvalue weighted by Gasteiger charge is 2.27. The molecule has 3 rings (SSSR count). The van der Waals surface area contributed by atoms with Gasteiger partial charge in [-0.2, -0.15) is 0 Å². The lowest BCUT2D eigenvalue weighted by Gasteiger charge is -2.24. The topological polar surface area (TPSA) is 69.0 Å². The van der Waals surface area contributed by atoms with Crippen molar-refractivity contribution in [3.05, 3.63) is 45.7 Å². The van der Waals surface area contributed by atoms with E-state index in [0.717, 1.165) is 22.2 Å². The molecule has 1 aliphatic rings. The molecule has 1 amide bonds. The van der Waals surface area contributed by atoms with E-state index in [4.69, 9.17) is 4.74 Å². The van der Waals surface area contributed by atoms with Crippen LogP contribution in [-0.4, -0.2) is 27.4 Å². The van der Waals surface area contributed by atoms with Gasteiger partial charge in [0.2, 0.25) is 0 Å². The molecule has 0 radical (unpaired) electrons. The molecule has 0 spiro atoms. The first-order valence-electron chi connectivity index (χ1n) is 7.26. The number of ether oxygens (including phenoxy) is 1. The average molecular weight is 365 g/mol. The third kappa shape index (κ3) is 3.05. The third-order valence-corrected chi connectivity index (χ3v) is 4.12. The predicted molar refractivity (Wildman–Crippen MR) is 84.3 cm³/mol. The van der Waals surface area contributed by atoms with Crippen LogP contribution < -0.4 is 5.32 Å². The Labute approximate surface area is 137 Å². The standard InChI is InChI=1S/C15H17BrN4O2/c1-2-7-17-15(21)14-12-9-22-13(8-20(12)19-18-14)10-3-5-11(16)6-4-10/h3-6,13H,2,7-9H2,1H3,(H,17,21)/t13-/m0/s1. The molecule has 0 saturated heterocycles. The van der Waals surface area contributed by atoms with E-state index >= 15 is 0 Å². The minimum Gasteiger partial charge on any atom is -0.365 e. The summed E-state index contributed by atoms with van der Waals surface area (Å²) in [5.41, 5.74) is 2.19. The molecular weight excluding hydrogens is 348 g/mol.